The van der Waals surface area contributed by atoms with Crippen molar-refractivity contribution in [3.8, 4) is 17.1 Å². The van der Waals surface area contributed by atoms with Crippen molar-refractivity contribution >= 4 is 46.8 Å². The molecule has 2 aromatic rings. The zero-order valence-corrected chi connectivity index (χ0v) is 15.1. The Kier molecular flexibility index (Phi) is 6.47. The standard InChI is InChI=1S/C14H15Cl2N5O2S/c1-23-10-5-7(8(15)6-9(10)16)12-19-13(18)21-14(20-12)24-4-2-3-11(17)22/h5-6H,2-4H2,1H3,(H2,17,22)(H2,18,19,20,21). The van der Waals surface area contributed by atoms with Gasteiger partial charge in [0.15, 0.2) is 11.0 Å². The molecule has 0 atom stereocenters. The van der Waals surface area contributed by atoms with Gasteiger partial charge < -0.3 is 16.2 Å². The highest BCUT2D eigenvalue weighted by molar-refractivity contribution is 7.99. The second-order valence-corrected chi connectivity index (χ2v) is 6.56. The number of primary amides is 1. The Balaban J connectivity index is 2.26. The predicted molar refractivity (Wildman–Crippen MR) is 95.4 cm³/mol. The first-order valence-electron chi connectivity index (χ1n) is 6.86. The molecule has 0 bridgehead atoms. The quantitative estimate of drug-likeness (QED) is 0.553. The number of anilines is 1. The summed E-state index contributed by atoms with van der Waals surface area (Å²) >= 11 is 13.6. The van der Waals surface area contributed by atoms with Crippen molar-refractivity contribution in [3.63, 3.8) is 0 Å². The minimum atomic E-state index is -0.341. The molecule has 0 radical (unpaired) electrons. The van der Waals surface area contributed by atoms with E-state index in [2.05, 4.69) is 15.0 Å². The molecule has 1 amide bonds. The van der Waals surface area contributed by atoms with Crippen molar-refractivity contribution in [1.82, 2.24) is 15.0 Å². The smallest absolute Gasteiger partial charge is 0.224 e. The first-order valence-corrected chi connectivity index (χ1v) is 8.61. The van der Waals surface area contributed by atoms with E-state index < -0.39 is 0 Å². The fourth-order valence-corrected chi connectivity index (χ4v) is 3.15. The van der Waals surface area contributed by atoms with E-state index in [0.29, 0.717) is 50.9 Å². The summed E-state index contributed by atoms with van der Waals surface area (Å²) in [4.78, 5) is 23.3. The number of carbonyl (C=O) groups excluding carboxylic acids is 1. The van der Waals surface area contributed by atoms with Gasteiger partial charge in [-0.25, -0.2) is 4.98 Å². The van der Waals surface area contributed by atoms with Crippen LogP contribution in [0.4, 0.5) is 5.95 Å². The van der Waals surface area contributed by atoms with Gasteiger partial charge in [0.05, 0.1) is 17.2 Å². The van der Waals surface area contributed by atoms with Crippen molar-refractivity contribution in [1.29, 1.82) is 0 Å². The number of amides is 1. The zero-order valence-electron chi connectivity index (χ0n) is 12.8. The van der Waals surface area contributed by atoms with Crippen LogP contribution in [0.15, 0.2) is 17.3 Å². The Hall–Kier alpha value is -1.77. The first kappa shape index (κ1) is 18.6. The highest BCUT2D eigenvalue weighted by Gasteiger charge is 2.14. The van der Waals surface area contributed by atoms with Crippen molar-refractivity contribution < 1.29 is 9.53 Å². The summed E-state index contributed by atoms with van der Waals surface area (Å²) in [5.41, 5.74) is 11.4. The molecule has 0 spiro atoms. The van der Waals surface area contributed by atoms with Crippen LogP contribution >= 0.6 is 35.0 Å². The molecule has 1 heterocycles. The maximum atomic E-state index is 10.7. The third-order valence-electron chi connectivity index (χ3n) is 2.91. The summed E-state index contributed by atoms with van der Waals surface area (Å²) in [5, 5.41) is 1.19. The third-order valence-corrected chi connectivity index (χ3v) is 4.45. The van der Waals surface area contributed by atoms with Gasteiger partial charge in [-0.3, -0.25) is 4.79 Å². The lowest BCUT2D eigenvalue weighted by Crippen LogP contribution is -2.10. The largest absolute Gasteiger partial charge is 0.495 e. The van der Waals surface area contributed by atoms with Gasteiger partial charge >= 0.3 is 0 Å². The SMILES string of the molecule is COc1cc(-c2nc(N)nc(SCCCC(N)=O)n2)c(Cl)cc1Cl. The number of carbonyl (C=O) groups is 1. The Labute approximate surface area is 153 Å². The predicted octanol–water partition coefficient (Wildman–Crippen LogP) is 2.79. The van der Waals surface area contributed by atoms with Crippen molar-refractivity contribution in [3.05, 3.63) is 22.2 Å². The number of nitrogens with two attached hydrogens (primary N) is 2. The lowest BCUT2D eigenvalue weighted by atomic mass is 10.2. The van der Waals surface area contributed by atoms with Crippen molar-refractivity contribution in [2.24, 2.45) is 5.73 Å². The van der Waals surface area contributed by atoms with E-state index in [-0.39, 0.29) is 11.9 Å². The highest BCUT2D eigenvalue weighted by atomic mass is 35.5. The van der Waals surface area contributed by atoms with Gasteiger partial charge in [-0.15, -0.1) is 0 Å². The fourth-order valence-electron chi connectivity index (χ4n) is 1.82. The second kappa shape index (κ2) is 8.36. The van der Waals surface area contributed by atoms with E-state index >= 15 is 0 Å². The van der Waals surface area contributed by atoms with E-state index in [9.17, 15) is 4.79 Å². The van der Waals surface area contributed by atoms with Crippen LogP contribution in [0.3, 0.4) is 0 Å². The highest BCUT2D eigenvalue weighted by Crippen LogP contribution is 2.35. The number of halogens is 2. The molecule has 2 rings (SSSR count). The lowest BCUT2D eigenvalue weighted by molar-refractivity contribution is -0.118. The number of ether oxygens (including phenoxy) is 1. The molecule has 24 heavy (non-hydrogen) atoms. The molecule has 0 aliphatic rings. The van der Waals surface area contributed by atoms with Crippen LogP contribution in [-0.2, 0) is 4.79 Å². The topological polar surface area (TPSA) is 117 Å². The summed E-state index contributed by atoms with van der Waals surface area (Å²) in [6.45, 7) is 0. The van der Waals surface area contributed by atoms with E-state index in [1.54, 1.807) is 12.1 Å². The van der Waals surface area contributed by atoms with E-state index in [1.165, 1.54) is 18.9 Å². The molecule has 0 fully saturated rings. The fraction of sp³-hybridized carbons (Fsp3) is 0.286. The van der Waals surface area contributed by atoms with Gasteiger partial charge in [0.25, 0.3) is 0 Å². The molecule has 0 aliphatic carbocycles. The molecular formula is C14H15Cl2N5O2S. The van der Waals surface area contributed by atoms with E-state index in [4.69, 9.17) is 39.4 Å². The van der Waals surface area contributed by atoms with Crippen molar-refractivity contribution in [2.45, 2.75) is 18.0 Å². The Bertz CT molecular complexity index is 760. The van der Waals surface area contributed by atoms with Gasteiger partial charge in [-0.05, 0) is 18.6 Å². The molecule has 0 saturated carbocycles. The Morgan fingerprint density at radius 2 is 2.00 bits per heavy atom. The van der Waals surface area contributed by atoms with Crippen LogP contribution in [0.1, 0.15) is 12.8 Å². The van der Waals surface area contributed by atoms with Crippen LogP contribution in [0.2, 0.25) is 10.0 Å². The normalized spacial score (nSPS) is 10.6. The molecule has 0 saturated heterocycles. The molecule has 0 aliphatic heterocycles. The number of nitrogens with zero attached hydrogens (tertiary/aromatic N) is 3. The lowest BCUT2D eigenvalue weighted by Gasteiger charge is -2.09. The monoisotopic (exact) mass is 387 g/mol. The van der Waals surface area contributed by atoms with Gasteiger partial charge in [0, 0.05) is 17.7 Å². The van der Waals surface area contributed by atoms with Crippen LogP contribution in [0.25, 0.3) is 11.4 Å². The first-order chi connectivity index (χ1) is 11.4. The summed E-state index contributed by atoms with van der Waals surface area (Å²) in [7, 11) is 1.50. The zero-order chi connectivity index (χ0) is 17.7. The molecule has 0 unspecified atom stereocenters. The molecule has 4 N–H and O–H groups in total. The number of hydrogen-bond acceptors (Lipinski definition) is 7. The average molecular weight is 388 g/mol. The van der Waals surface area contributed by atoms with Gasteiger partial charge in [-0.1, -0.05) is 35.0 Å². The molecule has 128 valence electrons. The molecular weight excluding hydrogens is 373 g/mol. The van der Waals surface area contributed by atoms with Crippen LogP contribution < -0.4 is 16.2 Å². The summed E-state index contributed by atoms with van der Waals surface area (Å²) < 4.78 is 5.18. The molecule has 10 heteroatoms. The Morgan fingerprint density at radius 1 is 1.25 bits per heavy atom. The van der Waals surface area contributed by atoms with Crippen LogP contribution in [0.5, 0.6) is 5.75 Å². The number of thioether (sulfide) groups is 1. The molecule has 1 aromatic heterocycles. The van der Waals surface area contributed by atoms with Crippen molar-refractivity contribution in [2.75, 3.05) is 18.6 Å². The number of rotatable bonds is 7. The van der Waals surface area contributed by atoms with Crippen LogP contribution in [-0.4, -0.2) is 33.7 Å². The summed E-state index contributed by atoms with van der Waals surface area (Å²) in [6.07, 6.45) is 0.928. The summed E-state index contributed by atoms with van der Waals surface area (Å²) in [6, 6.07) is 3.19. The number of aromatic nitrogens is 3. The number of nitrogen functional groups attached to an aromatic ring is 1. The second-order valence-electron chi connectivity index (χ2n) is 4.68. The number of benzene rings is 1. The molecule has 7 nitrogen and oxygen atoms in total. The minimum Gasteiger partial charge on any atom is -0.495 e. The summed E-state index contributed by atoms with van der Waals surface area (Å²) in [5.74, 6) is 1.13. The number of methoxy groups -OCH3 is 1. The molecule has 1 aromatic carbocycles. The van der Waals surface area contributed by atoms with Gasteiger partial charge in [0.2, 0.25) is 11.9 Å². The van der Waals surface area contributed by atoms with Crippen LogP contribution in [0, 0.1) is 0 Å². The maximum Gasteiger partial charge on any atom is 0.224 e. The number of hydrogen-bond donors (Lipinski definition) is 2. The van der Waals surface area contributed by atoms with E-state index in [1.807, 2.05) is 0 Å². The average Bonchev–Trinajstić information content (AvgIpc) is 2.51. The minimum absolute atomic E-state index is 0.0717. The third kappa shape index (κ3) is 4.86. The van der Waals surface area contributed by atoms with Gasteiger partial charge in [0.1, 0.15) is 5.75 Å². The van der Waals surface area contributed by atoms with E-state index in [0.717, 1.165) is 0 Å². The Morgan fingerprint density at radius 3 is 2.67 bits per heavy atom. The van der Waals surface area contributed by atoms with Gasteiger partial charge in [-0.2, -0.15) is 9.97 Å². The maximum absolute atomic E-state index is 10.7.